The second-order valence-electron chi connectivity index (χ2n) is 6.94. The van der Waals surface area contributed by atoms with Crippen LogP contribution in [0.4, 0.5) is 5.82 Å². The summed E-state index contributed by atoms with van der Waals surface area (Å²) in [4.78, 5) is 16.8. The number of hydrogen-bond acceptors (Lipinski definition) is 5. The van der Waals surface area contributed by atoms with E-state index in [0.29, 0.717) is 6.61 Å². The van der Waals surface area contributed by atoms with Crippen LogP contribution in [-0.4, -0.2) is 59.2 Å². The van der Waals surface area contributed by atoms with E-state index in [9.17, 15) is 0 Å². The lowest BCUT2D eigenvalue weighted by molar-refractivity contribution is 0.253. The number of anilines is 1. The molecule has 1 aliphatic rings. The van der Waals surface area contributed by atoms with Gasteiger partial charge in [-0.25, -0.2) is 9.97 Å². The summed E-state index contributed by atoms with van der Waals surface area (Å²) in [5, 5.41) is 1.36. The molecule has 1 N–H and O–H groups in total. The van der Waals surface area contributed by atoms with Gasteiger partial charge in [0.15, 0.2) is 11.6 Å². The largest absolute Gasteiger partial charge is 0.488 e. The lowest BCUT2D eigenvalue weighted by Gasteiger charge is -2.35. The zero-order valence-corrected chi connectivity index (χ0v) is 15.9. The lowest BCUT2D eigenvalue weighted by Crippen LogP contribution is -2.47. The maximum absolute atomic E-state index is 5.68. The highest BCUT2D eigenvalue weighted by Gasteiger charge is 2.20. The third-order valence-electron chi connectivity index (χ3n) is 5.23. The van der Waals surface area contributed by atoms with Crippen LogP contribution in [0.2, 0.25) is 0 Å². The average Bonchev–Trinajstić information content (AvgIpc) is 3.13. The van der Waals surface area contributed by atoms with E-state index in [2.05, 4.69) is 55.2 Å². The number of para-hydroxylation sites is 1. The quantitative estimate of drug-likeness (QED) is 0.697. The third kappa shape index (κ3) is 4.06. The van der Waals surface area contributed by atoms with Gasteiger partial charge < -0.3 is 14.6 Å². The van der Waals surface area contributed by atoms with Crippen molar-refractivity contribution in [3.8, 4) is 5.75 Å². The Bertz CT molecular complexity index is 870. The number of nitrogens with one attached hydrogen (secondary N) is 1. The fraction of sp³-hybridized carbons (Fsp3) is 0.429. The van der Waals surface area contributed by atoms with Crippen molar-refractivity contribution in [3.05, 3.63) is 48.5 Å². The Kier molecular flexibility index (Phi) is 5.53. The second kappa shape index (κ2) is 8.39. The van der Waals surface area contributed by atoms with Gasteiger partial charge in [0.05, 0.1) is 12.8 Å². The van der Waals surface area contributed by atoms with Crippen LogP contribution in [0.25, 0.3) is 10.9 Å². The van der Waals surface area contributed by atoms with Crippen LogP contribution in [0.5, 0.6) is 5.75 Å². The molecule has 27 heavy (non-hydrogen) atoms. The Morgan fingerprint density at radius 3 is 2.85 bits per heavy atom. The first kappa shape index (κ1) is 17.8. The number of ether oxygens (including phenoxy) is 1. The van der Waals surface area contributed by atoms with Crippen LogP contribution in [0, 0.1) is 0 Å². The van der Waals surface area contributed by atoms with E-state index in [-0.39, 0.29) is 0 Å². The molecule has 2 aromatic heterocycles. The molecule has 3 heterocycles. The van der Waals surface area contributed by atoms with E-state index in [1.165, 1.54) is 22.9 Å². The highest BCUT2D eigenvalue weighted by atomic mass is 16.5. The van der Waals surface area contributed by atoms with Gasteiger partial charge >= 0.3 is 0 Å². The molecule has 142 valence electrons. The molecule has 0 spiro atoms. The number of aromatic amines is 1. The van der Waals surface area contributed by atoms with E-state index in [0.717, 1.165) is 50.7 Å². The number of aromatic nitrogens is 3. The van der Waals surface area contributed by atoms with Gasteiger partial charge in [-0.3, -0.25) is 4.90 Å². The Hall–Kier alpha value is -2.60. The third-order valence-corrected chi connectivity index (χ3v) is 5.23. The van der Waals surface area contributed by atoms with Gasteiger partial charge in [-0.2, -0.15) is 0 Å². The number of aryl methyl sites for hydroxylation is 1. The second-order valence-corrected chi connectivity index (χ2v) is 6.94. The number of benzene rings is 1. The maximum Gasteiger partial charge on any atom is 0.180 e. The zero-order valence-electron chi connectivity index (χ0n) is 15.9. The van der Waals surface area contributed by atoms with Crippen LogP contribution in [0.3, 0.4) is 0 Å². The summed E-state index contributed by atoms with van der Waals surface area (Å²) in [6, 6.07) is 8.54. The van der Waals surface area contributed by atoms with Crippen molar-refractivity contribution >= 4 is 16.7 Å². The number of H-pyrrole nitrogens is 1. The molecule has 0 radical (unpaired) electrons. The van der Waals surface area contributed by atoms with Crippen LogP contribution >= 0.6 is 0 Å². The van der Waals surface area contributed by atoms with E-state index in [4.69, 9.17) is 4.74 Å². The molecule has 4 rings (SSSR count). The van der Waals surface area contributed by atoms with Crippen molar-refractivity contribution in [1.29, 1.82) is 0 Å². The van der Waals surface area contributed by atoms with Crippen molar-refractivity contribution in [2.24, 2.45) is 0 Å². The van der Waals surface area contributed by atoms with Crippen LogP contribution in [0.15, 0.2) is 43.0 Å². The SMILES string of the molecule is CCOc1cncnc1N1CCN(CCCc2c[nH]c3ccccc23)CC1. The van der Waals surface area contributed by atoms with Crippen LogP contribution < -0.4 is 9.64 Å². The molecule has 0 saturated carbocycles. The zero-order chi connectivity index (χ0) is 18.5. The van der Waals surface area contributed by atoms with Crippen molar-refractivity contribution in [2.75, 3.05) is 44.2 Å². The minimum absolute atomic E-state index is 0.633. The summed E-state index contributed by atoms with van der Waals surface area (Å²) in [5.74, 6) is 1.71. The Balaban J connectivity index is 1.27. The summed E-state index contributed by atoms with van der Waals surface area (Å²) in [6.45, 7) is 7.83. The molecule has 1 saturated heterocycles. The number of fused-ring (bicyclic) bond motifs is 1. The molecule has 0 unspecified atom stereocenters. The summed E-state index contributed by atoms with van der Waals surface area (Å²) >= 11 is 0. The fourth-order valence-electron chi connectivity index (χ4n) is 3.82. The van der Waals surface area contributed by atoms with Gasteiger partial charge in [0.2, 0.25) is 0 Å². The minimum atomic E-state index is 0.633. The number of hydrogen-bond donors (Lipinski definition) is 1. The molecule has 0 aliphatic carbocycles. The van der Waals surface area contributed by atoms with Gasteiger partial charge in [-0.1, -0.05) is 18.2 Å². The van der Waals surface area contributed by atoms with Crippen molar-refractivity contribution in [3.63, 3.8) is 0 Å². The lowest BCUT2D eigenvalue weighted by atomic mass is 10.1. The minimum Gasteiger partial charge on any atom is -0.488 e. The number of rotatable bonds is 7. The predicted octanol–water partition coefficient (Wildman–Crippen LogP) is 3.11. The first-order valence-electron chi connectivity index (χ1n) is 9.80. The highest BCUT2D eigenvalue weighted by Crippen LogP contribution is 2.25. The normalized spacial score (nSPS) is 15.4. The summed E-state index contributed by atoms with van der Waals surface area (Å²) in [5.41, 5.74) is 2.66. The molecule has 1 fully saturated rings. The molecule has 3 aromatic rings. The van der Waals surface area contributed by atoms with E-state index in [1.807, 2.05) is 6.92 Å². The summed E-state index contributed by atoms with van der Waals surface area (Å²) in [6.07, 6.45) is 7.82. The summed E-state index contributed by atoms with van der Waals surface area (Å²) < 4.78 is 5.68. The molecule has 6 heteroatoms. The molecular weight excluding hydrogens is 338 g/mol. The Morgan fingerprint density at radius 2 is 2.00 bits per heavy atom. The predicted molar refractivity (Wildman–Crippen MR) is 108 cm³/mol. The molecular formula is C21H27N5O. The standard InChI is InChI=1S/C21H27N5O/c1-2-27-20-15-22-16-24-21(20)26-12-10-25(11-13-26)9-5-6-17-14-23-19-8-4-3-7-18(17)19/h3-4,7-8,14-16,23H,2,5-6,9-13H2,1H3. The maximum atomic E-state index is 5.68. The summed E-state index contributed by atoms with van der Waals surface area (Å²) in [7, 11) is 0. The topological polar surface area (TPSA) is 57.3 Å². The van der Waals surface area contributed by atoms with Gasteiger partial charge in [0.1, 0.15) is 6.33 Å². The highest BCUT2D eigenvalue weighted by molar-refractivity contribution is 5.82. The fourth-order valence-corrected chi connectivity index (χ4v) is 3.82. The van der Waals surface area contributed by atoms with Gasteiger partial charge in [-0.15, -0.1) is 0 Å². The molecule has 6 nitrogen and oxygen atoms in total. The molecule has 1 aromatic carbocycles. The Morgan fingerprint density at radius 1 is 1.15 bits per heavy atom. The van der Waals surface area contributed by atoms with Crippen molar-refractivity contribution in [2.45, 2.75) is 19.8 Å². The van der Waals surface area contributed by atoms with Crippen molar-refractivity contribution in [1.82, 2.24) is 19.9 Å². The molecule has 0 bridgehead atoms. The first-order chi connectivity index (χ1) is 13.3. The van der Waals surface area contributed by atoms with Gasteiger partial charge in [0.25, 0.3) is 0 Å². The molecule has 0 amide bonds. The van der Waals surface area contributed by atoms with Crippen LogP contribution in [0.1, 0.15) is 18.9 Å². The Labute approximate surface area is 160 Å². The van der Waals surface area contributed by atoms with Crippen molar-refractivity contribution < 1.29 is 4.74 Å². The van der Waals surface area contributed by atoms with Crippen LogP contribution in [-0.2, 0) is 6.42 Å². The smallest absolute Gasteiger partial charge is 0.180 e. The van der Waals surface area contributed by atoms with E-state index < -0.39 is 0 Å². The van der Waals surface area contributed by atoms with Gasteiger partial charge in [0, 0.05) is 43.3 Å². The number of nitrogens with zero attached hydrogens (tertiary/aromatic N) is 4. The molecule has 0 atom stereocenters. The van der Waals surface area contributed by atoms with Gasteiger partial charge in [-0.05, 0) is 37.9 Å². The average molecular weight is 365 g/mol. The first-order valence-corrected chi connectivity index (χ1v) is 9.80. The number of piperazine rings is 1. The molecule has 1 aliphatic heterocycles. The van der Waals surface area contributed by atoms with E-state index >= 15 is 0 Å². The van der Waals surface area contributed by atoms with E-state index in [1.54, 1.807) is 12.5 Å². The monoisotopic (exact) mass is 365 g/mol.